The van der Waals surface area contributed by atoms with Crippen LogP contribution in [0.15, 0.2) is 12.1 Å². The van der Waals surface area contributed by atoms with Gasteiger partial charge in [0.1, 0.15) is 0 Å². The molecule has 0 spiro atoms. The second-order valence-electron chi connectivity index (χ2n) is 7.91. The summed E-state index contributed by atoms with van der Waals surface area (Å²) in [6.45, 7) is 8.77. The minimum atomic E-state index is -0.452. The van der Waals surface area contributed by atoms with Crippen LogP contribution in [0.5, 0.6) is 0 Å². The van der Waals surface area contributed by atoms with Gasteiger partial charge >= 0.3 is 11.9 Å². The van der Waals surface area contributed by atoms with Crippen LogP contribution in [0.25, 0.3) is 11.1 Å². The van der Waals surface area contributed by atoms with Gasteiger partial charge in [-0.3, -0.25) is 0 Å². The second kappa shape index (κ2) is 7.52. The number of aryl methyl sites for hydroxylation is 2. The number of benzene rings is 2. The van der Waals surface area contributed by atoms with E-state index in [2.05, 4.69) is 0 Å². The highest BCUT2D eigenvalue weighted by Gasteiger charge is 2.36. The molecular weight excluding hydrogens is 384 g/mol. The fourth-order valence-electron chi connectivity index (χ4n) is 4.71. The van der Waals surface area contributed by atoms with Crippen LogP contribution in [-0.2, 0) is 32.2 Å². The molecule has 2 aliphatic rings. The first kappa shape index (κ1) is 20.6. The third kappa shape index (κ3) is 2.94. The molecule has 2 aromatic rings. The molecule has 0 bridgehead atoms. The average Bonchev–Trinajstić information content (AvgIpc) is 3.31. The van der Waals surface area contributed by atoms with Crippen LogP contribution in [-0.4, -0.2) is 26.2 Å². The Labute approximate surface area is 176 Å². The van der Waals surface area contributed by atoms with E-state index < -0.39 is 11.9 Å². The first-order chi connectivity index (χ1) is 14.3. The molecule has 6 heteroatoms. The predicted molar refractivity (Wildman–Crippen MR) is 110 cm³/mol. The van der Waals surface area contributed by atoms with Gasteiger partial charge in [0.2, 0.25) is 0 Å². The highest BCUT2D eigenvalue weighted by Crippen LogP contribution is 2.48. The van der Waals surface area contributed by atoms with Crippen molar-refractivity contribution in [3.8, 4) is 11.1 Å². The van der Waals surface area contributed by atoms with Crippen molar-refractivity contribution >= 4 is 11.9 Å². The third-order valence-corrected chi connectivity index (χ3v) is 6.23. The van der Waals surface area contributed by atoms with Gasteiger partial charge in [0, 0.05) is 11.1 Å². The third-order valence-electron chi connectivity index (χ3n) is 6.23. The summed E-state index contributed by atoms with van der Waals surface area (Å²) in [5, 5.41) is 0. The molecule has 2 aromatic carbocycles. The molecule has 0 aliphatic carbocycles. The lowest BCUT2D eigenvalue weighted by atomic mass is 9.80. The number of rotatable bonds is 3. The molecule has 0 saturated heterocycles. The number of ether oxygens (including phenoxy) is 4. The van der Waals surface area contributed by atoms with Gasteiger partial charge in [-0.1, -0.05) is 0 Å². The van der Waals surface area contributed by atoms with Crippen molar-refractivity contribution in [1.29, 1.82) is 0 Å². The standard InChI is InChI=1S/C24H26O6/c1-11-7-15(23(25)27-5)21(19-13(3)29-9-17(11)19)22-16(24(26)28-6)8-12(2)18-10-30-14(4)20(18)22/h7-8,13-14H,9-10H2,1-6H3/t13-,14-/m1/s1. The first-order valence-electron chi connectivity index (χ1n) is 10.0. The maximum Gasteiger partial charge on any atom is 0.338 e. The summed E-state index contributed by atoms with van der Waals surface area (Å²) in [5.74, 6) is -0.904. The van der Waals surface area contributed by atoms with Gasteiger partial charge < -0.3 is 18.9 Å². The summed E-state index contributed by atoms with van der Waals surface area (Å²) in [5.41, 5.74) is 8.06. The molecule has 0 amide bonds. The molecule has 0 N–H and O–H groups in total. The van der Waals surface area contributed by atoms with Gasteiger partial charge in [0.05, 0.1) is 50.8 Å². The minimum absolute atomic E-state index is 0.224. The highest BCUT2D eigenvalue weighted by atomic mass is 16.5. The lowest BCUT2D eigenvalue weighted by Gasteiger charge is -2.23. The molecule has 2 atom stereocenters. The fraction of sp³-hybridized carbons (Fsp3) is 0.417. The van der Waals surface area contributed by atoms with Gasteiger partial charge in [0.15, 0.2) is 0 Å². The second-order valence-corrected chi connectivity index (χ2v) is 7.91. The number of hydrogen-bond acceptors (Lipinski definition) is 6. The van der Waals surface area contributed by atoms with E-state index in [1.807, 2.05) is 39.8 Å². The molecule has 0 radical (unpaired) electrons. The summed E-state index contributed by atoms with van der Waals surface area (Å²) < 4.78 is 22.1. The van der Waals surface area contributed by atoms with Crippen LogP contribution in [0.2, 0.25) is 0 Å². The summed E-state index contributed by atoms with van der Waals surface area (Å²) in [4.78, 5) is 25.7. The summed E-state index contributed by atoms with van der Waals surface area (Å²) >= 11 is 0. The molecular formula is C24H26O6. The normalized spacial score (nSPS) is 19.4. The Morgan fingerprint density at radius 2 is 1.17 bits per heavy atom. The van der Waals surface area contributed by atoms with E-state index in [-0.39, 0.29) is 12.2 Å². The van der Waals surface area contributed by atoms with Gasteiger partial charge in [0.25, 0.3) is 0 Å². The number of carbonyl (C=O) groups is 2. The van der Waals surface area contributed by atoms with E-state index in [0.29, 0.717) is 35.5 Å². The lowest BCUT2D eigenvalue weighted by Crippen LogP contribution is -2.14. The molecule has 0 fully saturated rings. The van der Waals surface area contributed by atoms with Crippen molar-refractivity contribution in [2.24, 2.45) is 0 Å². The van der Waals surface area contributed by atoms with Crippen LogP contribution in [0.4, 0.5) is 0 Å². The molecule has 2 aliphatic heterocycles. The number of hydrogen-bond donors (Lipinski definition) is 0. The zero-order chi connectivity index (χ0) is 21.7. The topological polar surface area (TPSA) is 71.1 Å². The lowest BCUT2D eigenvalue weighted by molar-refractivity contribution is 0.0588. The van der Waals surface area contributed by atoms with Crippen molar-refractivity contribution in [2.75, 3.05) is 14.2 Å². The van der Waals surface area contributed by atoms with E-state index in [1.54, 1.807) is 0 Å². The molecule has 4 rings (SSSR count). The van der Waals surface area contributed by atoms with Gasteiger partial charge in [-0.05, 0) is 73.2 Å². The van der Waals surface area contributed by atoms with Crippen molar-refractivity contribution in [3.63, 3.8) is 0 Å². The molecule has 0 unspecified atom stereocenters. The van der Waals surface area contributed by atoms with Crippen LogP contribution < -0.4 is 0 Å². The van der Waals surface area contributed by atoms with Gasteiger partial charge in [-0.25, -0.2) is 9.59 Å². The maximum atomic E-state index is 12.9. The van der Waals surface area contributed by atoms with Gasteiger partial charge in [-0.2, -0.15) is 0 Å². The Bertz CT molecular complexity index is 983. The Morgan fingerprint density at radius 3 is 1.50 bits per heavy atom. The quantitative estimate of drug-likeness (QED) is 0.682. The van der Waals surface area contributed by atoms with Crippen LogP contribution in [0.3, 0.4) is 0 Å². The number of esters is 2. The Balaban J connectivity index is 2.19. The zero-order valence-corrected chi connectivity index (χ0v) is 18.2. The van der Waals surface area contributed by atoms with Crippen molar-refractivity contribution in [3.05, 3.63) is 56.6 Å². The average molecular weight is 410 g/mol. The van der Waals surface area contributed by atoms with E-state index in [1.165, 1.54) is 14.2 Å². The van der Waals surface area contributed by atoms with E-state index in [0.717, 1.165) is 33.4 Å². The number of fused-ring (bicyclic) bond motifs is 2. The molecule has 30 heavy (non-hydrogen) atoms. The maximum absolute atomic E-state index is 12.9. The van der Waals surface area contributed by atoms with Crippen LogP contribution in [0.1, 0.15) is 80.2 Å². The predicted octanol–water partition coefficient (Wildman–Crippen LogP) is 4.73. The molecule has 158 valence electrons. The van der Waals surface area contributed by atoms with E-state index in [9.17, 15) is 9.59 Å². The van der Waals surface area contributed by atoms with Crippen molar-refractivity contribution < 1.29 is 28.5 Å². The van der Waals surface area contributed by atoms with Crippen LogP contribution >= 0.6 is 0 Å². The van der Waals surface area contributed by atoms with Crippen LogP contribution in [0, 0.1) is 13.8 Å². The summed E-state index contributed by atoms with van der Waals surface area (Å²) in [6, 6.07) is 3.66. The Kier molecular flexibility index (Phi) is 5.16. The molecule has 0 aromatic heterocycles. The minimum Gasteiger partial charge on any atom is -0.465 e. The van der Waals surface area contributed by atoms with Gasteiger partial charge in [-0.15, -0.1) is 0 Å². The summed E-state index contributed by atoms with van der Waals surface area (Å²) in [6.07, 6.45) is -0.447. The van der Waals surface area contributed by atoms with E-state index in [4.69, 9.17) is 18.9 Å². The molecule has 0 saturated carbocycles. The molecule has 6 nitrogen and oxygen atoms in total. The van der Waals surface area contributed by atoms with E-state index >= 15 is 0 Å². The monoisotopic (exact) mass is 410 g/mol. The fourth-order valence-corrected chi connectivity index (χ4v) is 4.71. The smallest absolute Gasteiger partial charge is 0.338 e. The SMILES string of the molecule is COC(=O)c1cc(C)c2c(c1-c1c(C(=O)OC)cc(C)c3c1[C@@H](C)OC3)[C@@H](C)OC2. The highest BCUT2D eigenvalue weighted by molar-refractivity contribution is 6.06. The largest absolute Gasteiger partial charge is 0.465 e. The van der Waals surface area contributed by atoms with Crippen molar-refractivity contribution in [1.82, 2.24) is 0 Å². The summed E-state index contributed by atoms with van der Waals surface area (Å²) in [7, 11) is 2.72. The number of methoxy groups -OCH3 is 2. The Morgan fingerprint density at radius 1 is 0.800 bits per heavy atom. The molecule has 2 heterocycles. The van der Waals surface area contributed by atoms with Crippen molar-refractivity contribution in [2.45, 2.75) is 53.1 Å². The number of carbonyl (C=O) groups excluding carboxylic acids is 2. The zero-order valence-electron chi connectivity index (χ0n) is 18.2. The Hall–Kier alpha value is -2.70. The first-order valence-corrected chi connectivity index (χ1v) is 10.0.